The van der Waals surface area contributed by atoms with E-state index in [4.69, 9.17) is 10.5 Å². The second-order valence-electron chi connectivity index (χ2n) is 6.38. The lowest BCUT2D eigenvalue weighted by atomic mass is 10.1. The fourth-order valence-electron chi connectivity index (χ4n) is 2.95. The van der Waals surface area contributed by atoms with Gasteiger partial charge >= 0.3 is 0 Å². The SMILES string of the molecule is NC(=O)[C@H](NC(=O)c1ccc(Br)c(S(=O)(=O)N2CCOCC2)c1)c1ccccc1. The van der Waals surface area contributed by atoms with E-state index >= 15 is 0 Å². The van der Waals surface area contributed by atoms with E-state index in [2.05, 4.69) is 21.2 Å². The molecule has 1 fully saturated rings. The van der Waals surface area contributed by atoms with E-state index in [0.29, 0.717) is 23.2 Å². The summed E-state index contributed by atoms with van der Waals surface area (Å²) >= 11 is 3.25. The summed E-state index contributed by atoms with van der Waals surface area (Å²) in [4.78, 5) is 24.6. The highest BCUT2D eigenvalue weighted by molar-refractivity contribution is 9.10. The van der Waals surface area contributed by atoms with Gasteiger partial charge in [0.2, 0.25) is 15.9 Å². The maximum Gasteiger partial charge on any atom is 0.252 e. The monoisotopic (exact) mass is 481 g/mol. The van der Waals surface area contributed by atoms with E-state index in [1.54, 1.807) is 30.3 Å². The number of morpholine rings is 1. The van der Waals surface area contributed by atoms with Crippen LogP contribution in [-0.2, 0) is 19.6 Å². The van der Waals surface area contributed by atoms with Crippen LogP contribution in [0, 0.1) is 0 Å². The van der Waals surface area contributed by atoms with Crippen LogP contribution in [0.25, 0.3) is 0 Å². The molecule has 1 aliphatic rings. The van der Waals surface area contributed by atoms with E-state index in [9.17, 15) is 18.0 Å². The molecule has 1 saturated heterocycles. The van der Waals surface area contributed by atoms with Crippen LogP contribution < -0.4 is 11.1 Å². The predicted molar refractivity (Wildman–Crippen MR) is 110 cm³/mol. The second-order valence-corrected chi connectivity index (χ2v) is 9.14. The summed E-state index contributed by atoms with van der Waals surface area (Å²) in [6, 6.07) is 11.8. The first-order chi connectivity index (χ1) is 13.8. The van der Waals surface area contributed by atoms with Gasteiger partial charge in [-0.15, -0.1) is 0 Å². The van der Waals surface area contributed by atoms with Gasteiger partial charge < -0.3 is 15.8 Å². The van der Waals surface area contributed by atoms with Crippen LogP contribution in [0.4, 0.5) is 0 Å². The first-order valence-corrected chi connectivity index (χ1v) is 11.1. The van der Waals surface area contributed by atoms with Gasteiger partial charge in [0.15, 0.2) is 0 Å². The van der Waals surface area contributed by atoms with E-state index in [0.717, 1.165) is 0 Å². The molecule has 0 radical (unpaired) electrons. The molecule has 1 heterocycles. The van der Waals surface area contributed by atoms with Crippen LogP contribution in [0.3, 0.4) is 0 Å². The van der Waals surface area contributed by atoms with Crippen molar-refractivity contribution in [3.05, 3.63) is 64.1 Å². The van der Waals surface area contributed by atoms with E-state index in [-0.39, 0.29) is 23.5 Å². The lowest BCUT2D eigenvalue weighted by Crippen LogP contribution is -2.41. The predicted octanol–water partition coefficient (Wildman–Crippen LogP) is 1.43. The number of primary amides is 1. The quantitative estimate of drug-likeness (QED) is 0.646. The van der Waals surface area contributed by atoms with Crippen LogP contribution in [0.5, 0.6) is 0 Å². The molecule has 2 aromatic carbocycles. The number of carbonyl (C=O) groups is 2. The van der Waals surface area contributed by atoms with Gasteiger partial charge in [0.25, 0.3) is 5.91 Å². The average molecular weight is 482 g/mol. The number of nitrogens with two attached hydrogens (primary N) is 1. The fourth-order valence-corrected chi connectivity index (χ4v) is 5.31. The van der Waals surface area contributed by atoms with Crippen molar-refractivity contribution in [2.75, 3.05) is 26.3 Å². The Bertz CT molecular complexity index is 1010. The first kappa shape index (κ1) is 21.4. The van der Waals surface area contributed by atoms with Gasteiger partial charge in [-0.1, -0.05) is 30.3 Å². The normalized spacial score (nSPS) is 16.2. The smallest absolute Gasteiger partial charge is 0.252 e. The molecule has 2 aromatic rings. The lowest BCUT2D eigenvalue weighted by Gasteiger charge is -2.26. The van der Waals surface area contributed by atoms with Crippen molar-refractivity contribution >= 4 is 37.8 Å². The minimum absolute atomic E-state index is 0.0256. The summed E-state index contributed by atoms with van der Waals surface area (Å²) < 4.78 is 32.8. The molecule has 3 N–H and O–H groups in total. The molecule has 1 atom stereocenters. The maximum atomic E-state index is 13.0. The Balaban J connectivity index is 1.88. The Hall–Kier alpha value is -2.27. The third-order valence-electron chi connectivity index (χ3n) is 4.47. The van der Waals surface area contributed by atoms with E-state index in [1.807, 2.05) is 0 Å². The number of amides is 2. The van der Waals surface area contributed by atoms with Gasteiger partial charge in [-0.05, 0) is 39.7 Å². The fraction of sp³-hybridized carbons (Fsp3) is 0.263. The number of hydrogen-bond donors (Lipinski definition) is 2. The Labute approximate surface area is 177 Å². The Morgan fingerprint density at radius 2 is 1.76 bits per heavy atom. The van der Waals surface area contributed by atoms with Crippen molar-refractivity contribution in [1.29, 1.82) is 0 Å². The standard InChI is InChI=1S/C19H20BrN3O5S/c20-15-7-6-14(12-16(15)29(26,27)23-8-10-28-11-9-23)19(25)22-17(18(21)24)13-4-2-1-3-5-13/h1-7,12,17H,8-11H2,(H2,21,24)(H,22,25)/t17-/m1/s1. The van der Waals surface area contributed by atoms with Crippen molar-refractivity contribution in [3.8, 4) is 0 Å². The molecule has 2 amide bonds. The third kappa shape index (κ3) is 4.84. The van der Waals surface area contributed by atoms with Crippen LogP contribution in [0.2, 0.25) is 0 Å². The van der Waals surface area contributed by atoms with Crippen LogP contribution in [-0.4, -0.2) is 50.8 Å². The molecule has 154 valence electrons. The average Bonchev–Trinajstić information content (AvgIpc) is 2.73. The van der Waals surface area contributed by atoms with Gasteiger partial charge in [-0.25, -0.2) is 8.42 Å². The topological polar surface area (TPSA) is 119 Å². The van der Waals surface area contributed by atoms with Crippen molar-refractivity contribution in [2.45, 2.75) is 10.9 Å². The zero-order chi connectivity index (χ0) is 21.0. The molecule has 0 aromatic heterocycles. The van der Waals surface area contributed by atoms with Crippen molar-refractivity contribution in [1.82, 2.24) is 9.62 Å². The summed E-state index contributed by atoms with van der Waals surface area (Å²) in [6.45, 7) is 1.11. The van der Waals surface area contributed by atoms with Crippen molar-refractivity contribution in [3.63, 3.8) is 0 Å². The zero-order valence-corrected chi connectivity index (χ0v) is 17.8. The highest BCUT2D eigenvalue weighted by Crippen LogP contribution is 2.27. The summed E-state index contributed by atoms with van der Waals surface area (Å²) in [5, 5.41) is 2.57. The molecule has 8 nitrogen and oxygen atoms in total. The summed E-state index contributed by atoms with van der Waals surface area (Å²) in [5.41, 5.74) is 6.07. The van der Waals surface area contributed by atoms with Crippen molar-refractivity contribution < 1.29 is 22.7 Å². The van der Waals surface area contributed by atoms with Crippen LogP contribution >= 0.6 is 15.9 Å². The number of ether oxygens (including phenoxy) is 1. The van der Waals surface area contributed by atoms with Crippen LogP contribution in [0.1, 0.15) is 22.0 Å². The minimum Gasteiger partial charge on any atom is -0.379 e. The zero-order valence-electron chi connectivity index (χ0n) is 15.4. The molecule has 0 aliphatic carbocycles. The van der Waals surface area contributed by atoms with Gasteiger partial charge in [-0.2, -0.15) is 4.31 Å². The molecule has 0 saturated carbocycles. The highest BCUT2D eigenvalue weighted by Gasteiger charge is 2.29. The first-order valence-electron chi connectivity index (χ1n) is 8.83. The van der Waals surface area contributed by atoms with Crippen LogP contribution in [0.15, 0.2) is 57.9 Å². The molecule has 10 heteroatoms. The van der Waals surface area contributed by atoms with Gasteiger partial charge in [0.05, 0.1) is 18.1 Å². The van der Waals surface area contributed by atoms with Crippen molar-refractivity contribution in [2.24, 2.45) is 5.73 Å². The van der Waals surface area contributed by atoms with Gasteiger partial charge in [-0.3, -0.25) is 9.59 Å². The number of nitrogens with zero attached hydrogens (tertiary/aromatic N) is 1. The highest BCUT2D eigenvalue weighted by atomic mass is 79.9. The number of rotatable bonds is 6. The summed E-state index contributed by atoms with van der Waals surface area (Å²) in [5.74, 6) is -1.33. The van der Waals surface area contributed by atoms with Gasteiger partial charge in [0, 0.05) is 23.1 Å². The number of halogens is 1. The third-order valence-corrected chi connectivity index (χ3v) is 7.37. The Kier molecular flexibility index (Phi) is 6.68. The van der Waals surface area contributed by atoms with Gasteiger partial charge in [0.1, 0.15) is 6.04 Å². The molecule has 1 aliphatic heterocycles. The number of nitrogens with one attached hydrogen (secondary N) is 1. The van der Waals surface area contributed by atoms with E-state index < -0.39 is 27.9 Å². The molecule has 3 rings (SSSR count). The molecular formula is C19H20BrN3O5S. The molecule has 29 heavy (non-hydrogen) atoms. The summed E-state index contributed by atoms with van der Waals surface area (Å²) in [6.07, 6.45) is 0. The molecule has 0 unspecified atom stereocenters. The number of hydrogen-bond acceptors (Lipinski definition) is 5. The maximum absolute atomic E-state index is 13.0. The molecule has 0 spiro atoms. The Morgan fingerprint density at radius 3 is 2.38 bits per heavy atom. The lowest BCUT2D eigenvalue weighted by molar-refractivity contribution is -0.120. The second kappa shape index (κ2) is 9.04. The molecule has 0 bridgehead atoms. The number of sulfonamides is 1. The minimum atomic E-state index is -3.81. The number of benzene rings is 2. The molecular weight excluding hydrogens is 462 g/mol. The largest absolute Gasteiger partial charge is 0.379 e. The summed E-state index contributed by atoms with van der Waals surface area (Å²) in [7, 11) is -3.81. The number of carbonyl (C=O) groups excluding carboxylic acids is 2. The Morgan fingerprint density at radius 1 is 1.10 bits per heavy atom. The van der Waals surface area contributed by atoms with E-state index in [1.165, 1.54) is 22.5 Å².